The molecule has 3 rings (SSSR count). The number of likely N-dealkylation sites (tertiary alicyclic amines) is 2. The number of carbonyl (C=O) groups excluding carboxylic acids is 4. The standard InChI is InChI=1S/C40H68N6O6/c1-11-27(4)35(45(8)38(49)34(26(2)3)43-39(50)40(6)20-16-21-44(40)7)32(51-9)24-33(47)46-22-15-19-31(46)36(52-10)28(5)37(48)42-30(25-41)23-29-17-13-12-14-18-29/h12-14,17-18,26-28,30-32,34-36H,11,15-16,19-25,41H2,1-10H3,(H,42,48)(H,43,50)/t27?,28?,30?,31-,32?,34?,35?,36?,40?/m0/s1. The summed E-state index contributed by atoms with van der Waals surface area (Å²) in [5, 5.41) is 6.21. The van der Waals surface area contributed by atoms with Gasteiger partial charge in [-0.25, -0.2) is 0 Å². The molecule has 8 unspecified atom stereocenters. The summed E-state index contributed by atoms with van der Waals surface area (Å²) in [5.41, 5.74) is 6.48. The molecular weight excluding hydrogens is 660 g/mol. The number of nitrogens with two attached hydrogens (primary N) is 1. The monoisotopic (exact) mass is 729 g/mol. The van der Waals surface area contributed by atoms with E-state index in [4.69, 9.17) is 15.2 Å². The van der Waals surface area contributed by atoms with Crippen LogP contribution in [0.15, 0.2) is 30.3 Å². The maximum atomic E-state index is 14.2. The summed E-state index contributed by atoms with van der Waals surface area (Å²) in [6.07, 6.45) is 3.49. The van der Waals surface area contributed by atoms with Crippen LogP contribution in [0, 0.1) is 17.8 Å². The molecule has 4 N–H and O–H groups in total. The predicted octanol–water partition coefficient (Wildman–Crippen LogP) is 3.22. The molecule has 0 bridgehead atoms. The molecule has 9 atom stereocenters. The average Bonchev–Trinajstić information content (AvgIpc) is 3.76. The molecule has 1 aromatic rings. The number of nitrogens with one attached hydrogen (secondary N) is 2. The van der Waals surface area contributed by atoms with Crippen LogP contribution < -0.4 is 16.4 Å². The highest BCUT2D eigenvalue weighted by atomic mass is 16.5. The van der Waals surface area contributed by atoms with Crippen LogP contribution >= 0.6 is 0 Å². The van der Waals surface area contributed by atoms with Crippen molar-refractivity contribution in [1.82, 2.24) is 25.3 Å². The van der Waals surface area contributed by atoms with E-state index in [0.29, 0.717) is 25.9 Å². The average molecular weight is 729 g/mol. The zero-order valence-electron chi connectivity index (χ0n) is 33.5. The first-order valence-corrected chi connectivity index (χ1v) is 19.3. The molecule has 0 aromatic heterocycles. The van der Waals surface area contributed by atoms with Gasteiger partial charge in [-0.1, -0.05) is 71.4 Å². The van der Waals surface area contributed by atoms with Gasteiger partial charge in [-0.3, -0.25) is 24.1 Å². The highest BCUT2D eigenvalue weighted by molar-refractivity contribution is 5.92. The van der Waals surface area contributed by atoms with Crippen LogP contribution in [0.4, 0.5) is 0 Å². The Morgan fingerprint density at radius 3 is 2.23 bits per heavy atom. The molecule has 2 fully saturated rings. The SMILES string of the molecule is CCC(C)C(C(CC(=O)N1CCC[C@H]1C(OC)C(C)C(=O)NC(CN)Cc1ccccc1)OC)N(C)C(=O)C(NC(=O)C1(C)CCCN1C)C(C)C. The van der Waals surface area contributed by atoms with E-state index in [1.54, 1.807) is 26.2 Å². The minimum absolute atomic E-state index is 0.00453. The lowest BCUT2D eigenvalue weighted by atomic mass is 9.89. The molecule has 4 amide bonds. The number of benzene rings is 1. The fraction of sp³-hybridized carbons (Fsp3) is 0.750. The Hall–Kier alpha value is -3.06. The molecule has 12 nitrogen and oxygen atoms in total. The number of ether oxygens (including phenoxy) is 2. The third-order valence-electron chi connectivity index (χ3n) is 11.9. The van der Waals surface area contributed by atoms with E-state index in [9.17, 15) is 19.2 Å². The Bertz CT molecular complexity index is 1310. The molecule has 0 aliphatic carbocycles. The number of carbonyl (C=O) groups is 4. The van der Waals surface area contributed by atoms with Crippen molar-refractivity contribution in [2.75, 3.05) is 47.9 Å². The van der Waals surface area contributed by atoms with Crippen LogP contribution in [0.3, 0.4) is 0 Å². The number of nitrogens with zero attached hydrogens (tertiary/aromatic N) is 3. The van der Waals surface area contributed by atoms with E-state index >= 15 is 0 Å². The largest absolute Gasteiger partial charge is 0.379 e. The molecule has 12 heteroatoms. The second-order valence-electron chi connectivity index (χ2n) is 15.7. The van der Waals surface area contributed by atoms with Crippen molar-refractivity contribution in [2.24, 2.45) is 23.5 Å². The van der Waals surface area contributed by atoms with Gasteiger partial charge in [0.25, 0.3) is 0 Å². The predicted molar refractivity (Wildman–Crippen MR) is 204 cm³/mol. The Balaban J connectivity index is 1.75. The van der Waals surface area contributed by atoms with Gasteiger partial charge in [0.05, 0.1) is 42.2 Å². The Labute approximate surface area is 312 Å². The number of rotatable bonds is 19. The number of hydrogen-bond donors (Lipinski definition) is 3. The van der Waals surface area contributed by atoms with E-state index in [-0.39, 0.29) is 54.0 Å². The van der Waals surface area contributed by atoms with Gasteiger partial charge in [0.1, 0.15) is 6.04 Å². The molecule has 0 saturated carbocycles. The fourth-order valence-corrected chi connectivity index (χ4v) is 8.15. The summed E-state index contributed by atoms with van der Waals surface area (Å²) < 4.78 is 12.0. The minimum Gasteiger partial charge on any atom is -0.379 e. The van der Waals surface area contributed by atoms with E-state index in [1.807, 2.05) is 70.0 Å². The molecule has 1 aromatic carbocycles. The van der Waals surface area contributed by atoms with Gasteiger partial charge < -0.3 is 35.6 Å². The van der Waals surface area contributed by atoms with E-state index in [0.717, 1.165) is 37.8 Å². The lowest BCUT2D eigenvalue weighted by molar-refractivity contribution is -0.148. The van der Waals surface area contributed by atoms with Crippen molar-refractivity contribution >= 4 is 23.6 Å². The molecule has 2 aliphatic rings. The molecule has 2 aliphatic heterocycles. The zero-order valence-corrected chi connectivity index (χ0v) is 33.5. The number of amides is 4. The normalized spacial score (nSPS) is 23.4. The molecule has 0 radical (unpaired) electrons. The number of methoxy groups -OCH3 is 2. The minimum atomic E-state index is -0.729. The fourth-order valence-electron chi connectivity index (χ4n) is 8.15. The molecule has 2 saturated heterocycles. The van der Waals surface area contributed by atoms with Crippen molar-refractivity contribution in [3.05, 3.63) is 35.9 Å². The molecule has 294 valence electrons. The zero-order chi connectivity index (χ0) is 38.7. The van der Waals surface area contributed by atoms with Crippen molar-refractivity contribution in [3.8, 4) is 0 Å². The molecule has 2 heterocycles. The Morgan fingerprint density at radius 2 is 1.69 bits per heavy atom. The van der Waals surface area contributed by atoms with Crippen LogP contribution in [-0.4, -0.2) is 128 Å². The van der Waals surface area contributed by atoms with Crippen LogP contribution in [0.1, 0.15) is 85.6 Å². The third kappa shape index (κ3) is 10.3. The lowest BCUT2D eigenvalue weighted by Crippen LogP contribution is -2.61. The summed E-state index contributed by atoms with van der Waals surface area (Å²) in [6, 6.07) is 8.25. The van der Waals surface area contributed by atoms with Gasteiger partial charge in [-0.2, -0.15) is 0 Å². The van der Waals surface area contributed by atoms with Gasteiger partial charge in [0, 0.05) is 40.4 Å². The summed E-state index contributed by atoms with van der Waals surface area (Å²) in [4.78, 5) is 61.1. The van der Waals surface area contributed by atoms with Gasteiger partial charge >= 0.3 is 0 Å². The van der Waals surface area contributed by atoms with E-state index < -0.39 is 35.7 Å². The van der Waals surface area contributed by atoms with Crippen molar-refractivity contribution in [2.45, 2.75) is 128 Å². The van der Waals surface area contributed by atoms with E-state index in [1.165, 1.54) is 0 Å². The summed E-state index contributed by atoms with van der Waals surface area (Å²) >= 11 is 0. The number of likely N-dealkylation sites (N-methyl/N-ethyl adjacent to an activating group) is 2. The first kappa shape index (κ1) is 43.3. The summed E-state index contributed by atoms with van der Waals surface area (Å²) in [7, 11) is 6.88. The van der Waals surface area contributed by atoms with Crippen molar-refractivity contribution in [3.63, 3.8) is 0 Å². The first-order chi connectivity index (χ1) is 24.6. The molecule has 0 spiro atoms. The number of hydrogen-bond acceptors (Lipinski definition) is 8. The van der Waals surface area contributed by atoms with Crippen LogP contribution in [0.2, 0.25) is 0 Å². The maximum absolute atomic E-state index is 14.2. The van der Waals surface area contributed by atoms with Gasteiger partial charge in [-0.15, -0.1) is 0 Å². The first-order valence-electron chi connectivity index (χ1n) is 19.3. The lowest BCUT2D eigenvalue weighted by Gasteiger charge is -2.41. The van der Waals surface area contributed by atoms with Crippen molar-refractivity contribution < 1.29 is 28.7 Å². The maximum Gasteiger partial charge on any atom is 0.245 e. The summed E-state index contributed by atoms with van der Waals surface area (Å²) in [6.45, 7) is 13.5. The second-order valence-corrected chi connectivity index (χ2v) is 15.7. The second kappa shape index (κ2) is 19.9. The van der Waals surface area contributed by atoms with Crippen LogP contribution in [0.25, 0.3) is 0 Å². The summed E-state index contributed by atoms with van der Waals surface area (Å²) in [5.74, 6) is -1.28. The topological polar surface area (TPSA) is 147 Å². The molecule has 52 heavy (non-hydrogen) atoms. The third-order valence-corrected chi connectivity index (χ3v) is 11.9. The smallest absolute Gasteiger partial charge is 0.245 e. The molecular formula is C40H68N6O6. The highest BCUT2D eigenvalue weighted by Crippen LogP contribution is 2.31. The Morgan fingerprint density at radius 1 is 1.02 bits per heavy atom. The Kier molecular flexibility index (Phi) is 16.5. The van der Waals surface area contributed by atoms with Crippen LogP contribution in [0.5, 0.6) is 0 Å². The highest BCUT2D eigenvalue weighted by Gasteiger charge is 2.45. The van der Waals surface area contributed by atoms with Crippen LogP contribution in [-0.2, 0) is 35.1 Å². The van der Waals surface area contributed by atoms with Gasteiger partial charge in [-0.05, 0) is 70.0 Å². The van der Waals surface area contributed by atoms with Crippen molar-refractivity contribution in [1.29, 1.82) is 0 Å². The van der Waals surface area contributed by atoms with E-state index in [2.05, 4.69) is 29.4 Å². The quantitative estimate of drug-likeness (QED) is 0.197. The van der Waals surface area contributed by atoms with Gasteiger partial charge in [0.15, 0.2) is 0 Å². The van der Waals surface area contributed by atoms with Gasteiger partial charge in [0.2, 0.25) is 23.6 Å².